The van der Waals surface area contributed by atoms with Crippen LogP contribution in [-0.4, -0.2) is 23.8 Å². The summed E-state index contributed by atoms with van der Waals surface area (Å²) in [6.07, 6.45) is 12.8. The van der Waals surface area contributed by atoms with Crippen LogP contribution in [0.3, 0.4) is 0 Å². The number of hydrogen-bond donors (Lipinski definition) is 2. The Morgan fingerprint density at radius 2 is 1.47 bits per heavy atom. The van der Waals surface area contributed by atoms with Crippen molar-refractivity contribution >= 4 is 0 Å². The maximum Gasteiger partial charge on any atom is 0.0474 e. The summed E-state index contributed by atoms with van der Waals surface area (Å²) in [6.45, 7) is 0.394. The maximum atomic E-state index is 9.60. The Morgan fingerprint density at radius 1 is 0.842 bits per heavy atom. The van der Waals surface area contributed by atoms with Gasteiger partial charge in [0.1, 0.15) is 0 Å². The zero-order valence-electron chi connectivity index (χ0n) is 12.1. The van der Waals surface area contributed by atoms with Crippen LogP contribution in [-0.2, 0) is 0 Å². The van der Waals surface area contributed by atoms with E-state index in [0.717, 1.165) is 29.7 Å². The van der Waals surface area contributed by atoms with Crippen molar-refractivity contribution in [3.05, 3.63) is 0 Å². The zero-order chi connectivity index (χ0) is 12.8. The van der Waals surface area contributed by atoms with E-state index in [1.165, 1.54) is 51.4 Å². The minimum Gasteiger partial charge on any atom is -0.396 e. The van der Waals surface area contributed by atoms with Gasteiger partial charge < -0.3 is 10.4 Å². The molecule has 2 heteroatoms. The second kappa shape index (κ2) is 5.04. The van der Waals surface area contributed by atoms with Gasteiger partial charge in [-0.25, -0.2) is 0 Å². The summed E-state index contributed by atoms with van der Waals surface area (Å²) in [4.78, 5) is 0. The van der Waals surface area contributed by atoms with Crippen molar-refractivity contribution in [3.8, 4) is 0 Å². The van der Waals surface area contributed by atoms with Crippen LogP contribution in [0.2, 0.25) is 0 Å². The molecule has 0 spiro atoms. The first kappa shape index (κ1) is 12.6. The van der Waals surface area contributed by atoms with E-state index >= 15 is 0 Å². The average molecular weight is 263 g/mol. The normalized spacial score (nSPS) is 52.6. The second-order valence-corrected chi connectivity index (χ2v) is 7.96. The Morgan fingerprint density at radius 3 is 2.11 bits per heavy atom. The monoisotopic (exact) mass is 263 g/mol. The lowest BCUT2D eigenvalue weighted by atomic mass is 9.54. The van der Waals surface area contributed by atoms with E-state index in [2.05, 4.69) is 5.32 Å². The molecule has 2 unspecified atom stereocenters. The van der Waals surface area contributed by atoms with Crippen molar-refractivity contribution in [1.82, 2.24) is 5.32 Å². The second-order valence-electron chi connectivity index (χ2n) is 7.96. The summed E-state index contributed by atoms with van der Waals surface area (Å²) in [6, 6.07) is 1.41. The lowest BCUT2D eigenvalue weighted by molar-refractivity contribution is -0.0242. The third-order valence-electron chi connectivity index (χ3n) is 6.78. The van der Waals surface area contributed by atoms with Crippen molar-refractivity contribution in [2.45, 2.75) is 69.9 Å². The fourth-order valence-electron chi connectivity index (χ4n) is 6.09. The van der Waals surface area contributed by atoms with E-state index in [-0.39, 0.29) is 0 Å². The van der Waals surface area contributed by atoms with Crippen LogP contribution in [0.4, 0.5) is 0 Å². The number of rotatable bonds is 3. The highest BCUT2D eigenvalue weighted by molar-refractivity contribution is 5.02. The largest absolute Gasteiger partial charge is 0.396 e. The van der Waals surface area contributed by atoms with E-state index < -0.39 is 0 Å². The molecule has 0 aromatic rings. The fourth-order valence-corrected chi connectivity index (χ4v) is 6.09. The minimum absolute atomic E-state index is 0.394. The molecule has 4 bridgehead atoms. The van der Waals surface area contributed by atoms with E-state index in [1.807, 2.05) is 0 Å². The first-order chi connectivity index (χ1) is 9.33. The van der Waals surface area contributed by atoms with Gasteiger partial charge in [0.15, 0.2) is 0 Å². The molecule has 0 saturated heterocycles. The van der Waals surface area contributed by atoms with Crippen molar-refractivity contribution in [1.29, 1.82) is 0 Å². The molecular weight excluding hydrogens is 234 g/mol. The quantitative estimate of drug-likeness (QED) is 0.820. The van der Waals surface area contributed by atoms with Crippen LogP contribution < -0.4 is 5.32 Å². The lowest BCUT2D eigenvalue weighted by Gasteiger charge is -2.55. The van der Waals surface area contributed by atoms with Gasteiger partial charge in [0, 0.05) is 18.7 Å². The smallest absolute Gasteiger partial charge is 0.0474 e. The molecule has 5 fully saturated rings. The summed E-state index contributed by atoms with van der Waals surface area (Å²) in [7, 11) is 0. The summed E-state index contributed by atoms with van der Waals surface area (Å²) in [5.41, 5.74) is 0. The summed E-state index contributed by atoms with van der Waals surface area (Å²) >= 11 is 0. The predicted molar refractivity (Wildman–Crippen MR) is 76.8 cm³/mol. The summed E-state index contributed by atoms with van der Waals surface area (Å²) < 4.78 is 0. The van der Waals surface area contributed by atoms with Gasteiger partial charge in [0.25, 0.3) is 0 Å². The van der Waals surface area contributed by atoms with Gasteiger partial charge in [0.05, 0.1) is 0 Å². The fraction of sp³-hybridized carbons (Fsp3) is 1.00. The molecule has 108 valence electrons. The topological polar surface area (TPSA) is 32.3 Å². The molecule has 0 heterocycles. The van der Waals surface area contributed by atoms with Crippen LogP contribution in [0, 0.1) is 29.6 Å². The van der Waals surface area contributed by atoms with Gasteiger partial charge in [-0.2, -0.15) is 0 Å². The maximum absolute atomic E-state index is 9.60. The summed E-state index contributed by atoms with van der Waals surface area (Å²) in [5.74, 6) is 4.61. The van der Waals surface area contributed by atoms with E-state index in [4.69, 9.17) is 0 Å². The van der Waals surface area contributed by atoms with Gasteiger partial charge in [-0.05, 0) is 74.5 Å². The van der Waals surface area contributed by atoms with Crippen molar-refractivity contribution in [3.63, 3.8) is 0 Å². The Hall–Kier alpha value is -0.0800. The third-order valence-corrected chi connectivity index (χ3v) is 6.78. The molecule has 0 radical (unpaired) electrons. The van der Waals surface area contributed by atoms with Crippen molar-refractivity contribution in [2.24, 2.45) is 29.6 Å². The van der Waals surface area contributed by atoms with Gasteiger partial charge in [-0.3, -0.25) is 0 Å². The minimum atomic E-state index is 0.394. The molecule has 5 aliphatic carbocycles. The Labute approximate surface area is 117 Å². The summed E-state index contributed by atoms with van der Waals surface area (Å²) in [5, 5.41) is 13.6. The van der Waals surface area contributed by atoms with Crippen molar-refractivity contribution < 1.29 is 5.11 Å². The number of hydrogen-bond acceptors (Lipinski definition) is 2. The standard InChI is InChI=1S/C17H29NO/c19-10-13-3-1-2-4-16(13)18-17-14-6-11-5-12(8-14)9-15(17)7-11/h11-19H,1-10H2. The molecule has 0 aromatic carbocycles. The molecule has 0 aliphatic heterocycles. The highest BCUT2D eigenvalue weighted by Gasteiger charge is 2.48. The molecule has 19 heavy (non-hydrogen) atoms. The van der Waals surface area contributed by atoms with E-state index in [0.29, 0.717) is 18.6 Å². The average Bonchev–Trinajstić information content (AvgIpc) is 2.42. The molecule has 0 aromatic heterocycles. The molecule has 5 saturated carbocycles. The predicted octanol–water partition coefficient (Wildman–Crippen LogP) is 2.95. The Kier molecular flexibility index (Phi) is 3.35. The van der Waals surface area contributed by atoms with E-state index in [1.54, 1.807) is 6.42 Å². The molecule has 2 N–H and O–H groups in total. The highest BCUT2D eigenvalue weighted by atomic mass is 16.3. The lowest BCUT2D eigenvalue weighted by Crippen LogP contribution is -2.58. The highest BCUT2D eigenvalue weighted by Crippen LogP contribution is 2.54. The SMILES string of the molecule is OCC1CCCCC1NC1C2CC3CC(C2)CC1C3. The third kappa shape index (κ3) is 2.25. The number of aliphatic hydroxyl groups excluding tert-OH is 1. The van der Waals surface area contributed by atoms with Crippen LogP contribution in [0.1, 0.15) is 57.8 Å². The molecule has 5 aliphatic rings. The number of aliphatic hydroxyl groups is 1. The van der Waals surface area contributed by atoms with Crippen LogP contribution in [0.5, 0.6) is 0 Å². The van der Waals surface area contributed by atoms with Crippen molar-refractivity contribution in [2.75, 3.05) is 6.61 Å². The first-order valence-electron chi connectivity index (χ1n) is 8.70. The zero-order valence-corrected chi connectivity index (χ0v) is 12.1. The Bertz CT molecular complexity index is 301. The molecule has 2 nitrogen and oxygen atoms in total. The molecule has 2 atom stereocenters. The molecule has 0 amide bonds. The van der Waals surface area contributed by atoms with Gasteiger partial charge >= 0.3 is 0 Å². The van der Waals surface area contributed by atoms with Gasteiger partial charge in [-0.15, -0.1) is 0 Å². The Balaban J connectivity index is 1.44. The van der Waals surface area contributed by atoms with Crippen LogP contribution >= 0.6 is 0 Å². The van der Waals surface area contributed by atoms with Crippen LogP contribution in [0.25, 0.3) is 0 Å². The van der Waals surface area contributed by atoms with Gasteiger partial charge in [0.2, 0.25) is 0 Å². The number of nitrogens with one attached hydrogen (secondary N) is 1. The molecule has 5 rings (SSSR count). The molecular formula is C17H29NO. The van der Waals surface area contributed by atoms with E-state index in [9.17, 15) is 5.11 Å². The van der Waals surface area contributed by atoms with Crippen LogP contribution in [0.15, 0.2) is 0 Å². The van der Waals surface area contributed by atoms with Gasteiger partial charge in [-0.1, -0.05) is 12.8 Å². The first-order valence-corrected chi connectivity index (χ1v) is 8.70.